The van der Waals surface area contributed by atoms with Gasteiger partial charge in [0.1, 0.15) is 5.56 Å². The summed E-state index contributed by atoms with van der Waals surface area (Å²) in [5.41, 5.74) is 2.54. The van der Waals surface area contributed by atoms with E-state index in [0.717, 1.165) is 49.9 Å². The van der Waals surface area contributed by atoms with Crippen LogP contribution < -0.4 is 5.56 Å². The Balaban J connectivity index is 1.61. The lowest BCUT2D eigenvalue weighted by Gasteiger charge is -2.56. The number of aryl methyl sites for hydroxylation is 2. The summed E-state index contributed by atoms with van der Waals surface area (Å²) in [5, 5.41) is 0. The van der Waals surface area contributed by atoms with E-state index in [9.17, 15) is 9.59 Å². The molecule has 1 saturated carbocycles. The summed E-state index contributed by atoms with van der Waals surface area (Å²) < 4.78 is 5.47. The van der Waals surface area contributed by atoms with Gasteiger partial charge in [0.2, 0.25) is 0 Å². The summed E-state index contributed by atoms with van der Waals surface area (Å²) in [7, 11) is 1.73. The third-order valence-electron chi connectivity index (χ3n) is 6.69. The minimum atomic E-state index is -0.232. The molecule has 0 unspecified atom stereocenters. The van der Waals surface area contributed by atoms with Gasteiger partial charge < -0.3 is 14.6 Å². The number of hydrogen-bond acceptors (Lipinski definition) is 3. The molecular weight excluding hydrogens is 316 g/mol. The van der Waals surface area contributed by atoms with Crippen LogP contribution in [0.3, 0.4) is 0 Å². The van der Waals surface area contributed by atoms with Crippen LogP contribution in [0.15, 0.2) is 10.9 Å². The van der Waals surface area contributed by atoms with Crippen molar-refractivity contribution in [3.63, 3.8) is 0 Å². The number of aromatic nitrogens is 1. The van der Waals surface area contributed by atoms with Crippen LogP contribution in [0.25, 0.3) is 0 Å². The number of amides is 1. The summed E-state index contributed by atoms with van der Waals surface area (Å²) in [5.74, 6) is 0.330. The number of H-pyrrole nitrogens is 1. The molecule has 2 aliphatic carbocycles. The van der Waals surface area contributed by atoms with Gasteiger partial charge in [-0.25, -0.2) is 0 Å². The fourth-order valence-electron chi connectivity index (χ4n) is 5.77. The number of hydrogen-bond donors (Lipinski definition) is 1. The molecule has 0 bridgehead atoms. The van der Waals surface area contributed by atoms with Crippen molar-refractivity contribution in [1.82, 2.24) is 9.88 Å². The molecule has 2 fully saturated rings. The number of aromatic amines is 1. The number of pyridine rings is 1. The third-order valence-corrected chi connectivity index (χ3v) is 6.69. The zero-order valence-electron chi connectivity index (χ0n) is 15.5. The van der Waals surface area contributed by atoms with Crippen LogP contribution in [0.1, 0.15) is 54.7 Å². The van der Waals surface area contributed by atoms with Crippen molar-refractivity contribution >= 4 is 5.91 Å². The van der Waals surface area contributed by atoms with Crippen LogP contribution in [0.5, 0.6) is 0 Å². The Kier molecular flexibility index (Phi) is 3.83. The molecule has 5 heteroatoms. The third kappa shape index (κ3) is 2.55. The van der Waals surface area contributed by atoms with E-state index in [1.54, 1.807) is 7.11 Å². The molecule has 0 radical (unpaired) electrons. The maximum Gasteiger partial charge on any atom is 0.261 e. The lowest BCUT2D eigenvalue weighted by atomic mass is 9.48. The summed E-state index contributed by atoms with van der Waals surface area (Å²) in [4.78, 5) is 30.4. The smallest absolute Gasteiger partial charge is 0.261 e. The van der Waals surface area contributed by atoms with Crippen molar-refractivity contribution in [3.05, 3.63) is 33.2 Å². The van der Waals surface area contributed by atoms with Crippen molar-refractivity contribution in [2.75, 3.05) is 26.8 Å². The van der Waals surface area contributed by atoms with E-state index in [-0.39, 0.29) is 22.3 Å². The van der Waals surface area contributed by atoms with Gasteiger partial charge in [-0.05, 0) is 55.1 Å². The minimum Gasteiger partial charge on any atom is -0.384 e. The van der Waals surface area contributed by atoms with Gasteiger partial charge >= 0.3 is 0 Å². The lowest BCUT2D eigenvalue weighted by molar-refractivity contribution is -0.107. The average molecular weight is 344 g/mol. The van der Waals surface area contributed by atoms with Gasteiger partial charge in [-0.3, -0.25) is 9.59 Å². The van der Waals surface area contributed by atoms with E-state index >= 15 is 0 Å². The highest BCUT2D eigenvalue weighted by molar-refractivity contribution is 5.94. The van der Waals surface area contributed by atoms with E-state index in [0.29, 0.717) is 24.6 Å². The average Bonchev–Trinajstić information content (AvgIpc) is 2.88. The number of fused-ring (bicyclic) bond motifs is 2. The number of nitrogens with zero attached hydrogens (tertiary/aromatic N) is 1. The molecule has 0 spiro atoms. The number of ether oxygens (including phenoxy) is 1. The van der Waals surface area contributed by atoms with Crippen LogP contribution in [-0.4, -0.2) is 42.6 Å². The van der Waals surface area contributed by atoms with E-state index in [1.807, 2.05) is 11.0 Å². The van der Waals surface area contributed by atoms with E-state index in [1.165, 1.54) is 0 Å². The molecule has 3 aliphatic rings. The largest absolute Gasteiger partial charge is 0.384 e. The van der Waals surface area contributed by atoms with Crippen LogP contribution in [-0.2, 0) is 17.6 Å². The molecule has 1 amide bonds. The maximum atomic E-state index is 13.1. The summed E-state index contributed by atoms with van der Waals surface area (Å²) in [6, 6.07) is 1.85. The first-order valence-electron chi connectivity index (χ1n) is 9.40. The first kappa shape index (κ1) is 16.8. The molecule has 2 atom stereocenters. The standard InChI is InChI=1S/C20H28N2O3/c1-19(2)10-20(12-25-3)11-22(9-16(19)20)18(24)14-8-13-6-4-5-7-15(13)21-17(14)23/h8,16H,4-7,9-12H2,1-3H3,(H,21,23)/t16-,20-/m1/s1. The number of carbonyl (C=O) groups is 1. The Morgan fingerprint density at radius 2 is 2.12 bits per heavy atom. The number of likely N-dealkylation sites (tertiary alicyclic amines) is 1. The summed E-state index contributed by atoms with van der Waals surface area (Å²) in [6.45, 7) is 6.65. The Bertz CT molecular complexity index is 767. The van der Waals surface area contributed by atoms with Gasteiger partial charge in [0, 0.05) is 31.3 Å². The van der Waals surface area contributed by atoms with Crippen LogP contribution in [0, 0.1) is 16.7 Å². The number of rotatable bonds is 3. The predicted molar refractivity (Wildman–Crippen MR) is 95.8 cm³/mol. The first-order valence-corrected chi connectivity index (χ1v) is 9.40. The second-order valence-electron chi connectivity index (χ2n) is 8.92. The van der Waals surface area contributed by atoms with E-state index in [2.05, 4.69) is 18.8 Å². The molecule has 2 heterocycles. The van der Waals surface area contributed by atoms with Gasteiger partial charge in [0.15, 0.2) is 0 Å². The van der Waals surface area contributed by atoms with E-state index in [4.69, 9.17) is 4.74 Å². The van der Waals surface area contributed by atoms with Gasteiger partial charge in [-0.2, -0.15) is 0 Å². The lowest BCUT2D eigenvalue weighted by Crippen LogP contribution is -2.55. The highest BCUT2D eigenvalue weighted by Gasteiger charge is 2.63. The number of methoxy groups -OCH3 is 1. The quantitative estimate of drug-likeness (QED) is 0.916. The topological polar surface area (TPSA) is 62.4 Å². The molecule has 1 aliphatic heterocycles. The van der Waals surface area contributed by atoms with Crippen LogP contribution in [0.2, 0.25) is 0 Å². The fraction of sp³-hybridized carbons (Fsp3) is 0.700. The highest BCUT2D eigenvalue weighted by atomic mass is 16.5. The normalized spacial score (nSPS) is 29.7. The first-order chi connectivity index (χ1) is 11.9. The molecule has 25 heavy (non-hydrogen) atoms. The molecule has 0 aromatic carbocycles. The fourth-order valence-corrected chi connectivity index (χ4v) is 5.77. The van der Waals surface area contributed by atoms with Gasteiger partial charge in [0.05, 0.1) is 6.61 Å². The van der Waals surface area contributed by atoms with Crippen molar-refractivity contribution in [3.8, 4) is 0 Å². The number of nitrogens with one attached hydrogen (secondary N) is 1. The minimum absolute atomic E-state index is 0.0644. The molecular formula is C20H28N2O3. The maximum absolute atomic E-state index is 13.1. The SMILES string of the molecule is COC[C@@]12CN(C(=O)c3cc4c([nH]c3=O)CCCC4)C[C@@H]1C(C)(C)C2. The number of carbonyl (C=O) groups excluding carboxylic acids is 1. The molecule has 1 saturated heterocycles. The zero-order valence-corrected chi connectivity index (χ0v) is 15.5. The van der Waals surface area contributed by atoms with Crippen molar-refractivity contribution in [1.29, 1.82) is 0 Å². The van der Waals surface area contributed by atoms with Crippen molar-refractivity contribution in [2.45, 2.75) is 46.0 Å². The zero-order chi connectivity index (χ0) is 17.8. The second kappa shape index (κ2) is 5.70. The molecule has 136 valence electrons. The highest BCUT2D eigenvalue weighted by Crippen LogP contribution is 2.62. The second-order valence-corrected chi connectivity index (χ2v) is 8.92. The van der Waals surface area contributed by atoms with Crippen molar-refractivity contribution < 1.29 is 9.53 Å². The van der Waals surface area contributed by atoms with E-state index < -0.39 is 0 Å². The van der Waals surface area contributed by atoms with Crippen LogP contribution >= 0.6 is 0 Å². The van der Waals surface area contributed by atoms with Gasteiger partial charge in [-0.1, -0.05) is 13.8 Å². The molecule has 5 nitrogen and oxygen atoms in total. The Labute approximate surface area is 148 Å². The monoisotopic (exact) mass is 344 g/mol. The summed E-state index contributed by atoms with van der Waals surface area (Å²) in [6.07, 6.45) is 5.18. The molecule has 1 aromatic heterocycles. The predicted octanol–water partition coefficient (Wildman–Crippen LogP) is 2.39. The van der Waals surface area contributed by atoms with Gasteiger partial charge in [-0.15, -0.1) is 0 Å². The molecule has 1 N–H and O–H groups in total. The summed E-state index contributed by atoms with van der Waals surface area (Å²) >= 11 is 0. The molecule has 4 rings (SSSR count). The molecule has 1 aromatic rings. The van der Waals surface area contributed by atoms with Crippen molar-refractivity contribution in [2.24, 2.45) is 16.7 Å². The van der Waals surface area contributed by atoms with Crippen LogP contribution in [0.4, 0.5) is 0 Å². The Morgan fingerprint density at radius 1 is 1.36 bits per heavy atom. The van der Waals surface area contributed by atoms with Gasteiger partial charge in [0.25, 0.3) is 11.5 Å². The Hall–Kier alpha value is -1.62. The Morgan fingerprint density at radius 3 is 2.84 bits per heavy atom.